The Morgan fingerprint density at radius 2 is 1.85 bits per heavy atom. The van der Waals surface area contributed by atoms with Crippen molar-refractivity contribution in [3.8, 4) is 0 Å². The molecular weight excluding hydrogens is 202 g/mol. The molecule has 2 bridgehead atoms. The van der Waals surface area contributed by atoms with Crippen molar-refractivity contribution >= 4 is 28.5 Å². The minimum Gasteiger partial charge on any atom is -0.171 e. The molecule has 0 aliphatic heterocycles. The van der Waals surface area contributed by atoms with Crippen LogP contribution in [0.5, 0.6) is 0 Å². The lowest BCUT2D eigenvalue weighted by molar-refractivity contribution is -0.0984. The lowest BCUT2D eigenvalue weighted by atomic mass is 9.40. The van der Waals surface area contributed by atoms with Crippen molar-refractivity contribution in [3.63, 3.8) is 0 Å². The zero-order chi connectivity index (χ0) is 9.80. The summed E-state index contributed by atoms with van der Waals surface area (Å²) in [5, 5.41) is 0. The number of rotatable bonds is 1. The minimum absolute atomic E-state index is 0.156. The van der Waals surface area contributed by atoms with E-state index in [2.05, 4.69) is 20.8 Å². The van der Waals surface area contributed by atoms with Crippen molar-refractivity contribution in [1.82, 2.24) is 0 Å². The highest BCUT2D eigenvalue weighted by Crippen LogP contribution is 2.65. The second-order valence-corrected chi connectivity index (χ2v) is 6.62. The molecule has 4 atom stereocenters. The van der Waals surface area contributed by atoms with Crippen molar-refractivity contribution in [2.45, 2.75) is 39.4 Å². The second kappa shape index (κ2) is 3.07. The molecule has 0 spiro atoms. The maximum absolute atomic E-state index is 6.00. The first-order chi connectivity index (χ1) is 5.94. The maximum Gasteiger partial charge on any atom is 0.355 e. The predicted molar refractivity (Wildman–Crippen MR) is 60.4 cm³/mol. The molecule has 13 heavy (non-hydrogen) atoms. The molecule has 3 fully saturated rings. The van der Waals surface area contributed by atoms with E-state index in [-0.39, 0.29) is 5.54 Å². The quantitative estimate of drug-likeness (QED) is 0.584. The van der Waals surface area contributed by atoms with E-state index in [0.29, 0.717) is 17.2 Å². The molecule has 0 aromatic carbocycles. The lowest BCUT2D eigenvalue weighted by Crippen LogP contribution is -2.54. The summed E-state index contributed by atoms with van der Waals surface area (Å²) < 4.78 is 0. The first-order valence-electron chi connectivity index (χ1n) is 5.22. The summed E-state index contributed by atoms with van der Waals surface area (Å²) in [6, 6.07) is 0. The van der Waals surface area contributed by atoms with Crippen molar-refractivity contribution in [2.75, 3.05) is 0 Å². The van der Waals surface area contributed by atoms with Gasteiger partial charge in [0.15, 0.2) is 0 Å². The molecule has 3 aliphatic rings. The summed E-state index contributed by atoms with van der Waals surface area (Å²) >= 11 is 12.0. The lowest BCUT2D eigenvalue weighted by Gasteiger charge is -2.62. The SMILES string of the molecule is C[C@H]1[C@H](B(Cl)Cl)C[C@H]2C[C@@H]1C2(C)C. The highest BCUT2D eigenvalue weighted by molar-refractivity contribution is 7.34. The highest BCUT2D eigenvalue weighted by Gasteiger charge is 2.57. The molecule has 3 saturated carbocycles. The second-order valence-electron chi connectivity index (χ2n) is 5.45. The molecule has 0 N–H and O–H groups in total. The summed E-state index contributed by atoms with van der Waals surface area (Å²) in [6.45, 7) is 7.12. The van der Waals surface area contributed by atoms with E-state index in [9.17, 15) is 0 Å². The van der Waals surface area contributed by atoms with Gasteiger partial charge in [0.2, 0.25) is 0 Å². The summed E-state index contributed by atoms with van der Waals surface area (Å²) in [5.74, 6) is 2.98. The molecule has 0 heterocycles. The molecule has 3 heteroatoms. The average Bonchev–Trinajstić information content (AvgIpc) is 2.02. The fourth-order valence-electron chi connectivity index (χ4n) is 3.52. The monoisotopic (exact) mass is 218 g/mol. The third kappa shape index (κ3) is 1.34. The Kier molecular flexibility index (Phi) is 2.40. The Morgan fingerprint density at radius 1 is 1.23 bits per heavy atom. The van der Waals surface area contributed by atoms with Gasteiger partial charge in [0.05, 0.1) is 0 Å². The van der Waals surface area contributed by atoms with Gasteiger partial charge in [-0.1, -0.05) is 27.2 Å². The van der Waals surface area contributed by atoms with Crippen LogP contribution in [0.25, 0.3) is 0 Å². The molecule has 0 amide bonds. The fourth-order valence-corrected chi connectivity index (χ4v) is 4.19. The minimum atomic E-state index is -0.156. The third-order valence-corrected chi connectivity index (χ3v) is 5.38. The average molecular weight is 219 g/mol. The van der Waals surface area contributed by atoms with Crippen LogP contribution < -0.4 is 0 Å². The van der Waals surface area contributed by atoms with Gasteiger partial charge in [-0.15, -0.1) is 0 Å². The number of hydrogen-bond donors (Lipinski definition) is 0. The molecule has 0 aromatic rings. The van der Waals surface area contributed by atoms with E-state index in [1.54, 1.807) is 0 Å². The number of hydrogen-bond acceptors (Lipinski definition) is 0. The van der Waals surface area contributed by atoms with Crippen LogP contribution in [0, 0.1) is 23.2 Å². The van der Waals surface area contributed by atoms with Gasteiger partial charge in [-0.05, 0) is 35.4 Å². The smallest absolute Gasteiger partial charge is 0.171 e. The van der Waals surface area contributed by atoms with Gasteiger partial charge in [-0.2, -0.15) is 22.9 Å². The van der Waals surface area contributed by atoms with Crippen LogP contribution in [0.15, 0.2) is 0 Å². The zero-order valence-electron chi connectivity index (χ0n) is 8.56. The first kappa shape index (κ1) is 10.2. The Labute approximate surface area is 91.3 Å². The van der Waals surface area contributed by atoms with Gasteiger partial charge in [-0.3, -0.25) is 0 Å². The topological polar surface area (TPSA) is 0 Å². The largest absolute Gasteiger partial charge is 0.355 e. The molecule has 0 radical (unpaired) electrons. The molecule has 0 nitrogen and oxygen atoms in total. The van der Waals surface area contributed by atoms with Crippen molar-refractivity contribution in [3.05, 3.63) is 0 Å². The van der Waals surface area contributed by atoms with E-state index in [4.69, 9.17) is 22.9 Å². The number of halogens is 2. The summed E-state index contributed by atoms with van der Waals surface area (Å²) in [4.78, 5) is 0. The van der Waals surface area contributed by atoms with Crippen molar-refractivity contribution in [1.29, 1.82) is 0 Å². The van der Waals surface area contributed by atoms with Crippen LogP contribution in [0.2, 0.25) is 5.82 Å². The van der Waals surface area contributed by atoms with Gasteiger partial charge in [-0.25, -0.2) is 0 Å². The van der Waals surface area contributed by atoms with Crippen molar-refractivity contribution < 1.29 is 0 Å². The van der Waals surface area contributed by atoms with Crippen LogP contribution in [0.1, 0.15) is 33.6 Å². The summed E-state index contributed by atoms with van der Waals surface area (Å²) in [7, 11) is 0. The van der Waals surface area contributed by atoms with E-state index in [0.717, 1.165) is 11.8 Å². The molecule has 3 aliphatic carbocycles. The Balaban J connectivity index is 2.12. The Bertz CT molecular complexity index is 213. The highest BCUT2D eigenvalue weighted by atomic mass is 35.5. The van der Waals surface area contributed by atoms with Crippen LogP contribution in [0.4, 0.5) is 0 Å². The van der Waals surface area contributed by atoms with Crippen LogP contribution in [0.3, 0.4) is 0 Å². The molecular formula is C10H17BCl2. The normalized spacial score (nSPS) is 46.8. The van der Waals surface area contributed by atoms with Crippen LogP contribution in [-0.4, -0.2) is 5.54 Å². The summed E-state index contributed by atoms with van der Waals surface area (Å²) in [5.41, 5.74) is 0.398. The molecule has 0 saturated heterocycles. The van der Waals surface area contributed by atoms with Crippen LogP contribution >= 0.6 is 22.9 Å². The van der Waals surface area contributed by atoms with E-state index in [1.807, 2.05) is 0 Å². The van der Waals surface area contributed by atoms with E-state index >= 15 is 0 Å². The van der Waals surface area contributed by atoms with Gasteiger partial charge in [0, 0.05) is 0 Å². The van der Waals surface area contributed by atoms with Crippen molar-refractivity contribution in [2.24, 2.45) is 23.2 Å². The molecule has 0 unspecified atom stereocenters. The molecule has 3 rings (SSSR count). The van der Waals surface area contributed by atoms with E-state index < -0.39 is 0 Å². The van der Waals surface area contributed by atoms with E-state index in [1.165, 1.54) is 12.8 Å². The number of fused-ring (bicyclic) bond motifs is 2. The molecule has 0 aromatic heterocycles. The standard InChI is InChI=1S/C10H17BCl2/c1-6-8-4-7(10(8,2)3)5-9(6)11(12)13/h6-9H,4-5H2,1-3H3/t6-,7-,8+,9-/m1/s1. The fraction of sp³-hybridized carbons (Fsp3) is 1.00. The van der Waals surface area contributed by atoms with Gasteiger partial charge < -0.3 is 0 Å². The third-order valence-electron chi connectivity index (χ3n) is 4.74. The zero-order valence-corrected chi connectivity index (χ0v) is 10.1. The molecule has 74 valence electrons. The Hall–Kier alpha value is 0.645. The van der Waals surface area contributed by atoms with Gasteiger partial charge in [0.25, 0.3) is 0 Å². The van der Waals surface area contributed by atoms with Crippen LogP contribution in [-0.2, 0) is 0 Å². The summed E-state index contributed by atoms with van der Waals surface area (Å²) in [6.07, 6.45) is 2.65. The maximum atomic E-state index is 6.00. The van der Waals surface area contributed by atoms with Gasteiger partial charge >= 0.3 is 5.54 Å². The predicted octanol–water partition coefficient (Wildman–Crippen LogP) is 4.02. The Morgan fingerprint density at radius 3 is 2.23 bits per heavy atom. The first-order valence-corrected chi connectivity index (χ1v) is 6.10. The van der Waals surface area contributed by atoms with Gasteiger partial charge in [0.1, 0.15) is 0 Å².